The van der Waals surface area contributed by atoms with E-state index in [0.717, 1.165) is 55.4 Å². The van der Waals surface area contributed by atoms with Crippen molar-refractivity contribution < 1.29 is 0 Å². The molecule has 63 heavy (non-hydrogen) atoms. The molecule has 0 aliphatic carbocycles. The summed E-state index contributed by atoms with van der Waals surface area (Å²) < 4.78 is 2.63. The lowest BCUT2D eigenvalue weighted by molar-refractivity contribution is 1.07. The van der Waals surface area contributed by atoms with E-state index in [4.69, 9.17) is 19.9 Å². The predicted molar refractivity (Wildman–Crippen MR) is 264 cm³/mol. The third kappa shape index (κ3) is 6.63. The van der Waals surface area contributed by atoms with Gasteiger partial charge in [-0.1, -0.05) is 194 Å². The van der Waals surface area contributed by atoms with Crippen LogP contribution in [0.4, 0.5) is 0 Å². The molecule has 0 atom stereocenters. The fourth-order valence-corrected chi connectivity index (χ4v) is 10.1. The zero-order chi connectivity index (χ0) is 41.7. The average molecular weight is 821 g/mol. The highest BCUT2D eigenvalue weighted by Gasteiger charge is 2.18. The minimum Gasteiger partial charge on any atom is -0.247 e. The van der Waals surface area contributed by atoms with Crippen molar-refractivity contribution >= 4 is 53.2 Å². The Kier molecular flexibility index (Phi) is 8.98. The fraction of sp³-hybridized carbons (Fsp3) is 0. The average Bonchev–Trinajstić information content (AvgIpc) is 3.75. The Hall–Kier alpha value is -8.12. The Balaban J connectivity index is 0.964. The standard InChI is InChI=1S/C58H36N4S/c1-3-15-37(16-4-1)41-19-11-22-44(35-41)58-61-56(39-17-5-2-6-18-39)60-57(62-58)40-33-31-38(32-34-40)54-50-28-13-25-45(53(50)49-24-7-9-29-51(49)59-54)42-20-12-21-43(36-42)46-26-14-27-48-47-23-8-10-30-52(47)63-55(46)48/h1-36H. The summed E-state index contributed by atoms with van der Waals surface area (Å²) in [7, 11) is 0. The topological polar surface area (TPSA) is 51.6 Å². The Labute approximate surface area is 368 Å². The monoisotopic (exact) mass is 820 g/mol. The summed E-state index contributed by atoms with van der Waals surface area (Å²) >= 11 is 1.87. The van der Waals surface area contributed by atoms with Crippen LogP contribution in [0, 0.1) is 0 Å². The van der Waals surface area contributed by atoms with E-state index in [-0.39, 0.29) is 0 Å². The molecule has 0 fully saturated rings. The third-order valence-corrected chi connectivity index (χ3v) is 13.1. The van der Waals surface area contributed by atoms with Gasteiger partial charge in [0.25, 0.3) is 0 Å². The Morgan fingerprint density at radius 2 is 0.778 bits per heavy atom. The summed E-state index contributed by atoms with van der Waals surface area (Å²) in [6.45, 7) is 0. The van der Waals surface area contributed by atoms with Crippen molar-refractivity contribution in [2.75, 3.05) is 0 Å². The van der Waals surface area contributed by atoms with Crippen molar-refractivity contribution in [2.24, 2.45) is 0 Å². The molecule has 4 nitrogen and oxygen atoms in total. The van der Waals surface area contributed by atoms with E-state index in [1.807, 2.05) is 47.7 Å². The zero-order valence-electron chi connectivity index (χ0n) is 34.0. The van der Waals surface area contributed by atoms with Gasteiger partial charge in [0.2, 0.25) is 0 Å². The smallest absolute Gasteiger partial charge is 0.164 e. The molecule has 3 heterocycles. The summed E-state index contributed by atoms with van der Waals surface area (Å²) in [5.74, 6) is 1.87. The van der Waals surface area contributed by atoms with E-state index in [9.17, 15) is 0 Å². The molecule has 0 amide bonds. The number of fused-ring (bicyclic) bond motifs is 6. The van der Waals surface area contributed by atoms with Crippen molar-refractivity contribution in [3.63, 3.8) is 0 Å². The summed E-state index contributed by atoms with van der Waals surface area (Å²) in [6.07, 6.45) is 0. The van der Waals surface area contributed by atoms with Crippen LogP contribution >= 0.6 is 11.3 Å². The van der Waals surface area contributed by atoms with Gasteiger partial charge in [-0.05, 0) is 57.6 Å². The van der Waals surface area contributed by atoms with E-state index in [2.05, 4.69) is 182 Å². The van der Waals surface area contributed by atoms with Crippen molar-refractivity contribution in [3.8, 4) is 78.8 Å². The summed E-state index contributed by atoms with van der Waals surface area (Å²) in [5.41, 5.74) is 12.7. The second-order valence-corrected chi connectivity index (χ2v) is 16.8. The number of pyridine rings is 1. The van der Waals surface area contributed by atoms with Crippen LogP contribution in [-0.4, -0.2) is 19.9 Å². The number of rotatable bonds is 7. The lowest BCUT2D eigenvalue weighted by atomic mass is 9.91. The number of benzene rings is 9. The molecule has 3 aromatic heterocycles. The molecule has 0 saturated carbocycles. The van der Waals surface area contributed by atoms with Gasteiger partial charge < -0.3 is 0 Å². The van der Waals surface area contributed by atoms with Crippen molar-refractivity contribution in [2.45, 2.75) is 0 Å². The van der Waals surface area contributed by atoms with E-state index < -0.39 is 0 Å². The number of hydrogen-bond acceptors (Lipinski definition) is 5. The second kappa shape index (κ2) is 15.4. The molecule has 0 spiro atoms. The van der Waals surface area contributed by atoms with Crippen LogP contribution in [0.25, 0.3) is 121 Å². The lowest BCUT2D eigenvalue weighted by Crippen LogP contribution is -2.00. The van der Waals surface area contributed by atoms with Gasteiger partial charge in [-0.15, -0.1) is 11.3 Å². The second-order valence-electron chi connectivity index (χ2n) is 15.8. The SMILES string of the molecule is c1ccc(-c2cccc(-c3nc(-c4ccccc4)nc(-c4ccc(-c5nc6ccccc6c6c(-c7cccc(-c8cccc9c8sc8ccccc89)c7)cccc56)cc4)n3)c2)cc1. The van der Waals surface area contributed by atoms with Crippen molar-refractivity contribution in [1.82, 2.24) is 19.9 Å². The van der Waals surface area contributed by atoms with E-state index in [0.29, 0.717) is 17.5 Å². The summed E-state index contributed by atoms with van der Waals surface area (Å²) in [5, 5.41) is 6.03. The molecule has 0 unspecified atom stereocenters. The maximum absolute atomic E-state index is 5.33. The van der Waals surface area contributed by atoms with Gasteiger partial charge in [0.15, 0.2) is 17.5 Å². The Morgan fingerprint density at radius 1 is 0.286 bits per heavy atom. The molecule has 12 rings (SSSR count). The molecule has 0 aliphatic rings. The molecular formula is C58H36N4S. The van der Waals surface area contributed by atoms with Gasteiger partial charge in [-0.3, -0.25) is 0 Å². The number of aromatic nitrogens is 4. The number of nitrogens with zero attached hydrogens (tertiary/aromatic N) is 4. The van der Waals surface area contributed by atoms with Crippen LogP contribution in [0.15, 0.2) is 218 Å². The van der Waals surface area contributed by atoms with Crippen LogP contribution < -0.4 is 0 Å². The minimum absolute atomic E-state index is 0.611. The quantitative estimate of drug-likeness (QED) is 0.150. The normalized spacial score (nSPS) is 11.5. The first-order valence-corrected chi connectivity index (χ1v) is 21.9. The van der Waals surface area contributed by atoms with Gasteiger partial charge in [0, 0.05) is 58.6 Å². The van der Waals surface area contributed by atoms with E-state index in [1.54, 1.807) is 0 Å². The fourth-order valence-electron chi connectivity index (χ4n) is 8.89. The molecule has 294 valence electrons. The largest absolute Gasteiger partial charge is 0.247 e. The molecule has 9 aromatic carbocycles. The molecule has 0 radical (unpaired) electrons. The maximum Gasteiger partial charge on any atom is 0.164 e. The third-order valence-electron chi connectivity index (χ3n) is 11.9. The highest BCUT2D eigenvalue weighted by atomic mass is 32.1. The van der Waals surface area contributed by atoms with Crippen LogP contribution in [-0.2, 0) is 0 Å². The molecule has 0 saturated heterocycles. The highest BCUT2D eigenvalue weighted by Crippen LogP contribution is 2.43. The zero-order valence-corrected chi connectivity index (χ0v) is 34.8. The molecule has 0 bridgehead atoms. The highest BCUT2D eigenvalue weighted by molar-refractivity contribution is 7.26. The first kappa shape index (κ1) is 36.7. The van der Waals surface area contributed by atoms with E-state index in [1.165, 1.54) is 47.8 Å². The molecule has 5 heteroatoms. The maximum atomic E-state index is 5.33. The summed E-state index contributed by atoms with van der Waals surface area (Å²) in [6, 6.07) is 76.9. The number of thiophene rings is 1. The molecule has 0 N–H and O–H groups in total. The summed E-state index contributed by atoms with van der Waals surface area (Å²) in [4.78, 5) is 20.5. The Morgan fingerprint density at radius 3 is 1.54 bits per heavy atom. The minimum atomic E-state index is 0.611. The van der Waals surface area contributed by atoms with Gasteiger partial charge >= 0.3 is 0 Å². The van der Waals surface area contributed by atoms with Gasteiger partial charge in [-0.25, -0.2) is 19.9 Å². The predicted octanol–water partition coefficient (Wildman–Crippen LogP) is 15.6. The number of para-hydroxylation sites is 1. The first-order valence-electron chi connectivity index (χ1n) is 21.1. The van der Waals surface area contributed by atoms with E-state index >= 15 is 0 Å². The molecular weight excluding hydrogens is 785 g/mol. The Bertz CT molecular complexity index is 3670. The van der Waals surface area contributed by atoms with Crippen LogP contribution in [0.2, 0.25) is 0 Å². The van der Waals surface area contributed by atoms with Crippen LogP contribution in [0.3, 0.4) is 0 Å². The lowest BCUT2D eigenvalue weighted by Gasteiger charge is -2.15. The number of hydrogen-bond donors (Lipinski definition) is 0. The van der Waals surface area contributed by atoms with Gasteiger partial charge in [0.1, 0.15) is 0 Å². The van der Waals surface area contributed by atoms with Gasteiger partial charge in [0.05, 0.1) is 11.2 Å². The first-order chi connectivity index (χ1) is 31.2. The van der Waals surface area contributed by atoms with Crippen molar-refractivity contribution in [3.05, 3.63) is 218 Å². The van der Waals surface area contributed by atoms with Crippen molar-refractivity contribution in [1.29, 1.82) is 0 Å². The van der Waals surface area contributed by atoms with Gasteiger partial charge in [-0.2, -0.15) is 0 Å². The molecule has 0 aliphatic heterocycles. The van der Waals surface area contributed by atoms with Crippen LogP contribution in [0.1, 0.15) is 0 Å². The molecule has 12 aromatic rings. The van der Waals surface area contributed by atoms with Crippen LogP contribution in [0.5, 0.6) is 0 Å².